The van der Waals surface area contributed by atoms with E-state index in [0.717, 1.165) is 0 Å². The Bertz CT molecular complexity index is 681. The first-order valence-electron chi connectivity index (χ1n) is 6.24. The van der Waals surface area contributed by atoms with Crippen molar-refractivity contribution in [2.45, 2.75) is 13.2 Å². The fourth-order valence-corrected chi connectivity index (χ4v) is 2.09. The predicted octanol–water partition coefficient (Wildman–Crippen LogP) is 2.15. The summed E-state index contributed by atoms with van der Waals surface area (Å²) in [5.41, 5.74) is 0.640. The molecule has 0 radical (unpaired) electrons. The van der Waals surface area contributed by atoms with Gasteiger partial charge in [-0.3, -0.25) is 20.2 Å². The van der Waals surface area contributed by atoms with Crippen LogP contribution in [-0.2, 0) is 13.2 Å². The van der Waals surface area contributed by atoms with Crippen molar-refractivity contribution in [1.82, 2.24) is 0 Å². The van der Waals surface area contributed by atoms with Gasteiger partial charge in [0.2, 0.25) is 0 Å². The minimum absolute atomic E-state index is 0.162. The molecule has 2 aromatic carbocycles. The second kappa shape index (κ2) is 6.29. The van der Waals surface area contributed by atoms with Crippen molar-refractivity contribution in [3.63, 3.8) is 0 Å². The van der Waals surface area contributed by atoms with E-state index in [-0.39, 0.29) is 22.5 Å². The molecule has 8 nitrogen and oxygen atoms in total. The number of nitrogens with zero attached hydrogens (tertiary/aromatic N) is 2. The van der Waals surface area contributed by atoms with Crippen molar-refractivity contribution in [2.75, 3.05) is 0 Å². The van der Waals surface area contributed by atoms with Gasteiger partial charge in [-0.25, -0.2) is 0 Å². The Morgan fingerprint density at radius 2 is 1.14 bits per heavy atom. The lowest BCUT2D eigenvalue weighted by Crippen LogP contribution is -1.97. The van der Waals surface area contributed by atoms with Gasteiger partial charge in [-0.15, -0.1) is 0 Å². The van der Waals surface area contributed by atoms with Crippen molar-refractivity contribution < 1.29 is 20.1 Å². The van der Waals surface area contributed by atoms with E-state index in [1.807, 2.05) is 0 Å². The Morgan fingerprint density at radius 1 is 0.773 bits per heavy atom. The van der Waals surface area contributed by atoms with E-state index in [1.165, 1.54) is 36.4 Å². The van der Waals surface area contributed by atoms with E-state index in [1.54, 1.807) is 0 Å². The number of hydrogen-bond acceptors (Lipinski definition) is 6. The molecule has 0 aliphatic carbocycles. The molecule has 0 amide bonds. The molecule has 0 heterocycles. The number of nitro benzene ring substituents is 2. The number of aliphatic hydroxyl groups excluding tert-OH is 2. The van der Waals surface area contributed by atoms with Gasteiger partial charge in [0.1, 0.15) is 0 Å². The summed E-state index contributed by atoms with van der Waals surface area (Å²) in [5.74, 6) is 0. The average Bonchev–Trinajstić information content (AvgIpc) is 2.53. The van der Waals surface area contributed by atoms with Gasteiger partial charge in [-0.05, 0) is 23.3 Å². The largest absolute Gasteiger partial charge is 0.391 e. The van der Waals surface area contributed by atoms with E-state index in [0.29, 0.717) is 11.1 Å². The molecule has 8 heteroatoms. The standard InChI is InChI=1S/C14H12N2O6/c17-7-11-3-1-9(5-13(11)15(19)20)10-2-4-12(8-18)14(6-10)16(21)22/h1-6,17-18H,7-8H2. The predicted molar refractivity (Wildman–Crippen MR) is 77.0 cm³/mol. The third kappa shape index (κ3) is 2.92. The zero-order chi connectivity index (χ0) is 16.3. The van der Waals surface area contributed by atoms with Crippen LogP contribution in [0.1, 0.15) is 11.1 Å². The summed E-state index contributed by atoms with van der Waals surface area (Å²) >= 11 is 0. The zero-order valence-corrected chi connectivity index (χ0v) is 11.3. The molecule has 0 saturated heterocycles. The highest BCUT2D eigenvalue weighted by atomic mass is 16.6. The van der Waals surface area contributed by atoms with Crippen LogP contribution in [0.15, 0.2) is 36.4 Å². The van der Waals surface area contributed by atoms with Crippen LogP contribution in [0, 0.1) is 20.2 Å². The van der Waals surface area contributed by atoms with Crippen LogP contribution >= 0.6 is 0 Å². The molecule has 0 unspecified atom stereocenters. The summed E-state index contributed by atoms with van der Waals surface area (Å²) in [7, 11) is 0. The molecule has 0 saturated carbocycles. The summed E-state index contributed by atoms with van der Waals surface area (Å²) in [6.45, 7) is -0.944. The van der Waals surface area contributed by atoms with Gasteiger partial charge in [0.25, 0.3) is 11.4 Å². The topological polar surface area (TPSA) is 127 Å². The molecule has 0 aromatic heterocycles. The molecule has 0 bridgehead atoms. The van der Waals surface area contributed by atoms with Gasteiger partial charge in [-0.1, -0.05) is 12.1 Å². The van der Waals surface area contributed by atoms with Crippen molar-refractivity contribution >= 4 is 11.4 Å². The van der Waals surface area contributed by atoms with E-state index in [9.17, 15) is 20.2 Å². The molecule has 114 valence electrons. The SMILES string of the molecule is O=[N+]([O-])c1cc(-c2ccc(CO)c([N+](=O)[O-])c2)ccc1CO. The molecule has 2 aromatic rings. The summed E-state index contributed by atoms with van der Waals surface area (Å²) in [6, 6.07) is 8.39. The van der Waals surface area contributed by atoms with E-state index < -0.39 is 23.1 Å². The second-order valence-electron chi connectivity index (χ2n) is 4.52. The second-order valence-corrected chi connectivity index (χ2v) is 4.52. The lowest BCUT2D eigenvalue weighted by molar-refractivity contribution is -0.386. The lowest BCUT2D eigenvalue weighted by atomic mass is 10.0. The Morgan fingerprint density at radius 3 is 1.41 bits per heavy atom. The molecule has 0 aliphatic heterocycles. The van der Waals surface area contributed by atoms with Crippen LogP contribution in [-0.4, -0.2) is 20.1 Å². The maximum atomic E-state index is 11.0. The first-order valence-corrected chi connectivity index (χ1v) is 6.24. The van der Waals surface area contributed by atoms with Crippen LogP contribution in [0.4, 0.5) is 11.4 Å². The highest BCUT2D eigenvalue weighted by Gasteiger charge is 2.18. The molecular formula is C14H12N2O6. The van der Waals surface area contributed by atoms with Gasteiger partial charge >= 0.3 is 0 Å². The summed E-state index contributed by atoms with van der Waals surface area (Å²) in [4.78, 5) is 20.7. The molecule has 22 heavy (non-hydrogen) atoms. The van der Waals surface area contributed by atoms with Crippen molar-refractivity contribution in [3.8, 4) is 11.1 Å². The van der Waals surface area contributed by atoms with Gasteiger partial charge < -0.3 is 10.2 Å². The molecule has 0 fully saturated rings. The highest BCUT2D eigenvalue weighted by molar-refractivity contribution is 5.70. The van der Waals surface area contributed by atoms with Gasteiger partial charge in [-0.2, -0.15) is 0 Å². The molecule has 2 rings (SSSR count). The molecular weight excluding hydrogens is 292 g/mol. The first-order chi connectivity index (χ1) is 10.5. The number of benzene rings is 2. The van der Waals surface area contributed by atoms with Crippen molar-refractivity contribution in [3.05, 3.63) is 67.8 Å². The number of rotatable bonds is 5. The molecule has 0 spiro atoms. The third-order valence-corrected chi connectivity index (χ3v) is 3.24. The van der Waals surface area contributed by atoms with Crippen LogP contribution in [0.3, 0.4) is 0 Å². The highest BCUT2D eigenvalue weighted by Crippen LogP contribution is 2.31. The smallest absolute Gasteiger partial charge is 0.275 e. The van der Waals surface area contributed by atoms with E-state index in [4.69, 9.17) is 10.2 Å². The Hall–Kier alpha value is -2.84. The minimum Gasteiger partial charge on any atom is -0.391 e. The molecule has 2 N–H and O–H groups in total. The average molecular weight is 304 g/mol. The van der Waals surface area contributed by atoms with E-state index >= 15 is 0 Å². The Balaban J connectivity index is 2.57. The van der Waals surface area contributed by atoms with E-state index in [2.05, 4.69) is 0 Å². The summed E-state index contributed by atoms with van der Waals surface area (Å²) in [6.07, 6.45) is 0. The molecule has 0 aliphatic rings. The van der Waals surface area contributed by atoms with Crippen LogP contribution in [0.5, 0.6) is 0 Å². The number of hydrogen-bond donors (Lipinski definition) is 2. The minimum atomic E-state index is -0.619. The summed E-state index contributed by atoms with van der Waals surface area (Å²) < 4.78 is 0. The zero-order valence-electron chi connectivity index (χ0n) is 11.3. The van der Waals surface area contributed by atoms with Crippen LogP contribution in [0.2, 0.25) is 0 Å². The third-order valence-electron chi connectivity index (χ3n) is 3.24. The van der Waals surface area contributed by atoms with Crippen molar-refractivity contribution in [2.24, 2.45) is 0 Å². The number of nitro groups is 2. The number of aliphatic hydroxyl groups is 2. The van der Waals surface area contributed by atoms with Gasteiger partial charge in [0, 0.05) is 12.1 Å². The summed E-state index contributed by atoms with van der Waals surface area (Å²) in [5, 5.41) is 40.2. The maximum absolute atomic E-state index is 11.0. The fourth-order valence-electron chi connectivity index (χ4n) is 2.09. The van der Waals surface area contributed by atoms with Crippen molar-refractivity contribution in [1.29, 1.82) is 0 Å². The van der Waals surface area contributed by atoms with Gasteiger partial charge in [0.05, 0.1) is 34.2 Å². The maximum Gasteiger partial charge on any atom is 0.275 e. The normalized spacial score (nSPS) is 10.5. The Labute approximate surface area is 124 Å². The van der Waals surface area contributed by atoms with Crippen LogP contribution in [0.25, 0.3) is 11.1 Å². The molecule has 0 atom stereocenters. The monoisotopic (exact) mass is 304 g/mol. The van der Waals surface area contributed by atoms with Gasteiger partial charge in [0.15, 0.2) is 0 Å². The van der Waals surface area contributed by atoms with Crippen LogP contribution < -0.4 is 0 Å². The quantitative estimate of drug-likeness (QED) is 0.643. The fraction of sp³-hybridized carbons (Fsp3) is 0.143. The lowest BCUT2D eigenvalue weighted by Gasteiger charge is -2.06. The Kier molecular flexibility index (Phi) is 4.44. The first kappa shape index (κ1) is 15.5.